The quantitative estimate of drug-likeness (QED) is 0.507. The van der Waals surface area contributed by atoms with Crippen molar-refractivity contribution >= 4 is 51.9 Å². The van der Waals surface area contributed by atoms with E-state index >= 15 is 0 Å². The molecule has 172 valence electrons. The monoisotopic (exact) mass is 492 g/mol. The van der Waals surface area contributed by atoms with Gasteiger partial charge in [-0.15, -0.1) is 0 Å². The first-order chi connectivity index (χ1) is 16.6. The SMILES string of the molecule is O=C(CC[C@H]1N=C2c3ccccc3N=C(SCc3ccccc3Cl)N2C1=O)NCc1ccco1. The first-order valence-corrected chi connectivity index (χ1v) is 12.2. The average molecular weight is 493 g/mol. The molecule has 1 aromatic heterocycles. The molecule has 9 heteroatoms. The number of halogens is 1. The number of fused-ring (bicyclic) bond motifs is 3. The van der Waals surface area contributed by atoms with E-state index in [0.717, 1.165) is 16.8 Å². The number of carbonyl (C=O) groups excluding carboxylic acids is 2. The van der Waals surface area contributed by atoms with E-state index in [9.17, 15) is 9.59 Å². The summed E-state index contributed by atoms with van der Waals surface area (Å²) in [6.07, 6.45) is 2.06. The summed E-state index contributed by atoms with van der Waals surface area (Å²) in [6.45, 7) is 0.313. The van der Waals surface area contributed by atoms with Crippen LogP contribution >= 0.6 is 23.4 Å². The van der Waals surface area contributed by atoms with E-state index < -0.39 is 6.04 Å². The van der Waals surface area contributed by atoms with Gasteiger partial charge in [0, 0.05) is 22.8 Å². The van der Waals surface area contributed by atoms with Crippen molar-refractivity contribution in [2.24, 2.45) is 9.98 Å². The van der Waals surface area contributed by atoms with Gasteiger partial charge in [0.2, 0.25) is 5.91 Å². The van der Waals surface area contributed by atoms with Gasteiger partial charge in [-0.25, -0.2) is 9.89 Å². The molecular formula is C25H21ClN4O3S. The number of aliphatic imine (C=N–C) groups is 2. The highest BCUT2D eigenvalue weighted by Gasteiger charge is 2.41. The number of amides is 2. The Morgan fingerprint density at radius 3 is 2.76 bits per heavy atom. The van der Waals surface area contributed by atoms with Gasteiger partial charge in [0.05, 0.1) is 18.5 Å². The summed E-state index contributed by atoms with van der Waals surface area (Å²) >= 11 is 7.76. The van der Waals surface area contributed by atoms with Gasteiger partial charge in [0.15, 0.2) is 5.17 Å². The Labute approximate surface area is 205 Å². The van der Waals surface area contributed by atoms with Gasteiger partial charge in [-0.1, -0.05) is 53.7 Å². The van der Waals surface area contributed by atoms with Crippen LogP contribution in [0.3, 0.4) is 0 Å². The predicted molar refractivity (Wildman–Crippen MR) is 133 cm³/mol. The van der Waals surface area contributed by atoms with Crippen molar-refractivity contribution in [3.05, 3.63) is 88.8 Å². The Kier molecular flexibility index (Phi) is 6.51. The molecule has 0 radical (unpaired) electrons. The highest BCUT2D eigenvalue weighted by Crippen LogP contribution is 2.35. The molecule has 0 saturated heterocycles. The largest absolute Gasteiger partial charge is 0.467 e. The number of furan rings is 1. The van der Waals surface area contributed by atoms with Crippen LogP contribution in [0.5, 0.6) is 0 Å². The molecule has 0 bridgehead atoms. The lowest BCUT2D eigenvalue weighted by Crippen LogP contribution is -2.41. The molecule has 0 unspecified atom stereocenters. The van der Waals surface area contributed by atoms with Crippen LogP contribution in [0.2, 0.25) is 5.02 Å². The molecule has 0 fully saturated rings. The molecule has 34 heavy (non-hydrogen) atoms. The second-order valence-corrected chi connectivity index (χ2v) is 9.18. The highest BCUT2D eigenvalue weighted by atomic mass is 35.5. The third-order valence-corrected chi connectivity index (χ3v) is 6.90. The van der Waals surface area contributed by atoms with Crippen molar-refractivity contribution in [3.8, 4) is 0 Å². The van der Waals surface area contributed by atoms with Crippen molar-refractivity contribution in [2.45, 2.75) is 31.2 Å². The van der Waals surface area contributed by atoms with E-state index in [1.807, 2.05) is 48.5 Å². The fourth-order valence-electron chi connectivity index (χ4n) is 3.80. The average Bonchev–Trinajstić information content (AvgIpc) is 3.49. The number of thioether (sulfide) groups is 1. The van der Waals surface area contributed by atoms with Crippen LogP contribution in [-0.4, -0.2) is 33.8 Å². The third-order valence-electron chi connectivity index (χ3n) is 5.55. The minimum atomic E-state index is -0.637. The van der Waals surface area contributed by atoms with Gasteiger partial charge in [0.25, 0.3) is 5.91 Å². The lowest BCUT2D eigenvalue weighted by atomic mass is 10.1. The van der Waals surface area contributed by atoms with E-state index in [0.29, 0.717) is 40.5 Å². The Bertz CT molecular complexity index is 1290. The van der Waals surface area contributed by atoms with Gasteiger partial charge in [-0.2, -0.15) is 0 Å². The summed E-state index contributed by atoms with van der Waals surface area (Å²) in [7, 11) is 0. The second kappa shape index (κ2) is 9.87. The van der Waals surface area contributed by atoms with E-state index in [1.165, 1.54) is 11.8 Å². The van der Waals surface area contributed by atoms with Crippen molar-refractivity contribution < 1.29 is 14.0 Å². The maximum absolute atomic E-state index is 13.3. The van der Waals surface area contributed by atoms with Gasteiger partial charge < -0.3 is 9.73 Å². The van der Waals surface area contributed by atoms with E-state index in [4.69, 9.17) is 26.0 Å². The second-order valence-electron chi connectivity index (χ2n) is 7.83. The normalized spacial score (nSPS) is 16.6. The molecule has 1 atom stereocenters. The van der Waals surface area contributed by atoms with Crippen LogP contribution in [0.15, 0.2) is 81.3 Å². The summed E-state index contributed by atoms with van der Waals surface area (Å²) in [4.78, 5) is 36.7. The number of hydrogen-bond acceptors (Lipinski definition) is 6. The standard InChI is InChI=1S/C25H21ClN4O3S/c26-19-9-3-1-6-16(19)15-34-25-29-20-10-4-2-8-18(20)23-28-21(24(32)30(23)25)11-12-22(31)27-14-17-7-5-13-33-17/h1-10,13,21H,11-12,14-15H2,(H,27,31)/t21-/m1/s1. The van der Waals surface area contributed by atoms with Crippen molar-refractivity contribution in [2.75, 3.05) is 0 Å². The van der Waals surface area contributed by atoms with E-state index in [-0.39, 0.29) is 18.2 Å². The molecule has 5 rings (SSSR count). The van der Waals surface area contributed by atoms with Crippen molar-refractivity contribution in [1.82, 2.24) is 10.2 Å². The third kappa shape index (κ3) is 4.64. The minimum absolute atomic E-state index is 0.156. The molecule has 0 saturated carbocycles. The smallest absolute Gasteiger partial charge is 0.259 e. The Hall–Kier alpha value is -3.36. The summed E-state index contributed by atoms with van der Waals surface area (Å²) in [5.74, 6) is 1.50. The Morgan fingerprint density at radius 1 is 1.12 bits per heavy atom. The van der Waals surface area contributed by atoms with Crippen molar-refractivity contribution in [1.29, 1.82) is 0 Å². The van der Waals surface area contributed by atoms with Gasteiger partial charge in [-0.3, -0.25) is 14.6 Å². The molecule has 1 N–H and O–H groups in total. The zero-order valence-electron chi connectivity index (χ0n) is 18.1. The van der Waals surface area contributed by atoms with Crippen LogP contribution in [0.25, 0.3) is 0 Å². The summed E-state index contributed by atoms with van der Waals surface area (Å²) in [6, 6.07) is 18.2. The molecule has 2 amide bonds. The first kappa shape index (κ1) is 22.4. The van der Waals surface area contributed by atoms with Crippen LogP contribution in [-0.2, 0) is 21.9 Å². The van der Waals surface area contributed by atoms with Crippen LogP contribution in [0.4, 0.5) is 5.69 Å². The van der Waals surface area contributed by atoms with E-state index in [1.54, 1.807) is 23.3 Å². The van der Waals surface area contributed by atoms with Crippen molar-refractivity contribution in [3.63, 3.8) is 0 Å². The molecule has 3 aromatic rings. The number of para-hydroxylation sites is 1. The molecule has 0 aliphatic carbocycles. The fourth-order valence-corrected chi connectivity index (χ4v) is 5.09. The molecular weight excluding hydrogens is 472 g/mol. The number of carbonyl (C=O) groups is 2. The van der Waals surface area contributed by atoms with Gasteiger partial charge in [-0.05, 0) is 42.3 Å². The van der Waals surface area contributed by atoms with Crippen LogP contribution in [0, 0.1) is 0 Å². The van der Waals surface area contributed by atoms with Gasteiger partial charge >= 0.3 is 0 Å². The fraction of sp³-hybridized carbons (Fsp3) is 0.200. The predicted octanol–water partition coefficient (Wildman–Crippen LogP) is 4.92. The molecule has 7 nitrogen and oxygen atoms in total. The first-order valence-electron chi connectivity index (χ1n) is 10.9. The Balaban J connectivity index is 1.30. The Morgan fingerprint density at radius 2 is 1.94 bits per heavy atom. The lowest BCUT2D eigenvalue weighted by Gasteiger charge is -2.25. The zero-order valence-corrected chi connectivity index (χ0v) is 19.7. The zero-order chi connectivity index (χ0) is 23.5. The summed E-state index contributed by atoms with van der Waals surface area (Å²) < 4.78 is 5.23. The summed E-state index contributed by atoms with van der Waals surface area (Å²) in [5, 5.41) is 4.04. The molecule has 2 aliphatic heterocycles. The van der Waals surface area contributed by atoms with Crippen LogP contribution in [0.1, 0.15) is 29.7 Å². The number of benzene rings is 2. The molecule has 3 heterocycles. The number of nitrogens with zero attached hydrogens (tertiary/aromatic N) is 3. The topological polar surface area (TPSA) is 87.3 Å². The maximum Gasteiger partial charge on any atom is 0.259 e. The van der Waals surface area contributed by atoms with E-state index in [2.05, 4.69) is 5.32 Å². The molecule has 0 spiro atoms. The van der Waals surface area contributed by atoms with Crippen LogP contribution < -0.4 is 5.32 Å². The summed E-state index contributed by atoms with van der Waals surface area (Å²) in [5.41, 5.74) is 2.54. The molecule has 2 aliphatic rings. The van der Waals surface area contributed by atoms with Gasteiger partial charge in [0.1, 0.15) is 17.6 Å². The maximum atomic E-state index is 13.3. The number of nitrogens with one attached hydrogen (secondary N) is 1. The number of amidine groups is 2. The lowest BCUT2D eigenvalue weighted by molar-refractivity contribution is -0.125. The number of rotatable bonds is 7. The minimum Gasteiger partial charge on any atom is -0.467 e. The number of hydrogen-bond donors (Lipinski definition) is 1. The highest BCUT2D eigenvalue weighted by molar-refractivity contribution is 8.13. The molecule has 2 aromatic carbocycles.